The second kappa shape index (κ2) is 8.17. The van der Waals surface area contributed by atoms with Crippen molar-refractivity contribution in [3.05, 3.63) is 57.3 Å². The van der Waals surface area contributed by atoms with E-state index in [2.05, 4.69) is 10.1 Å². The number of carbonyl (C=O) groups excluding carboxylic acids is 2. The molecule has 1 amide bonds. The average molecular weight is 390 g/mol. The third kappa shape index (κ3) is 5.91. The summed E-state index contributed by atoms with van der Waals surface area (Å²) in [4.78, 5) is 24.0. The number of carbonyl (C=O) groups is 2. The Labute approximate surface area is 149 Å². The molecule has 25 heavy (non-hydrogen) atoms. The number of esters is 1. The van der Waals surface area contributed by atoms with E-state index >= 15 is 0 Å². The third-order valence-electron chi connectivity index (χ3n) is 2.83. The molecule has 0 aliphatic rings. The quantitative estimate of drug-likeness (QED) is 0.600. The lowest BCUT2D eigenvalue weighted by molar-refractivity contribution is -0.142. The summed E-state index contributed by atoms with van der Waals surface area (Å²) in [5, 5.41) is 3.76. The summed E-state index contributed by atoms with van der Waals surface area (Å²) in [6.45, 7) is -0.715. The average Bonchev–Trinajstić information content (AvgIpc) is 3.05. The monoisotopic (exact) mass is 389 g/mol. The number of benzene rings is 1. The highest BCUT2D eigenvalue weighted by atomic mass is 35.5. The first-order chi connectivity index (χ1) is 11.8. The molecule has 0 spiro atoms. The molecule has 0 saturated heterocycles. The van der Waals surface area contributed by atoms with Crippen molar-refractivity contribution in [3.8, 4) is 0 Å². The highest BCUT2D eigenvalue weighted by Gasteiger charge is 2.34. The van der Waals surface area contributed by atoms with Crippen molar-refractivity contribution in [2.24, 2.45) is 0 Å². The first-order valence-corrected chi connectivity index (χ1v) is 8.06. The van der Waals surface area contributed by atoms with Gasteiger partial charge >= 0.3 is 12.1 Å². The van der Waals surface area contributed by atoms with Gasteiger partial charge in [0.1, 0.15) is 0 Å². The normalized spacial score (nSPS) is 11.5. The number of alkyl halides is 3. The fraction of sp³-hybridized carbons (Fsp3) is 0.125. The zero-order valence-electron chi connectivity index (χ0n) is 12.5. The zero-order valence-corrected chi connectivity index (χ0v) is 14.0. The molecule has 0 saturated carbocycles. The molecule has 1 aromatic heterocycles. The van der Waals surface area contributed by atoms with Gasteiger partial charge in [0.25, 0.3) is 5.91 Å². The Morgan fingerprint density at radius 1 is 1.28 bits per heavy atom. The van der Waals surface area contributed by atoms with Crippen LogP contribution in [0.4, 0.5) is 18.9 Å². The number of thiophene rings is 1. The first-order valence-electron chi connectivity index (χ1n) is 6.80. The maximum atomic E-state index is 12.9. The number of nitrogens with one attached hydrogen (secondary N) is 1. The van der Waals surface area contributed by atoms with E-state index in [4.69, 9.17) is 11.6 Å². The molecule has 9 heteroatoms. The molecule has 0 unspecified atom stereocenters. The summed E-state index contributed by atoms with van der Waals surface area (Å²) in [7, 11) is 0. The number of halogens is 4. The highest BCUT2D eigenvalue weighted by Crippen LogP contribution is 2.36. The van der Waals surface area contributed by atoms with Gasteiger partial charge in [-0.25, -0.2) is 4.79 Å². The van der Waals surface area contributed by atoms with Crippen LogP contribution in [-0.4, -0.2) is 18.5 Å². The van der Waals surface area contributed by atoms with Crippen molar-refractivity contribution >= 4 is 46.6 Å². The van der Waals surface area contributed by atoms with Crippen molar-refractivity contribution in [3.63, 3.8) is 0 Å². The zero-order chi connectivity index (χ0) is 18.4. The lowest BCUT2D eigenvalue weighted by Crippen LogP contribution is -2.22. The number of anilines is 1. The Hall–Kier alpha value is -2.32. The van der Waals surface area contributed by atoms with Gasteiger partial charge in [-0.05, 0) is 35.7 Å². The van der Waals surface area contributed by atoms with Gasteiger partial charge in [-0.15, -0.1) is 11.3 Å². The van der Waals surface area contributed by atoms with Crippen LogP contribution in [0.3, 0.4) is 0 Å². The summed E-state index contributed by atoms with van der Waals surface area (Å²) < 4.78 is 43.5. The molecule has 1 heterocycles. The lowest BCUT2D eigenvalue weighted by atomic mass is 10.1. The maximum Gasteiger partial charge on any atom is 0.418 e. The Balaban J connectivity index is 1.93. The number of hydrogen-bond donors (Lipinski definition) is 1. The molecule has 0 fully saturated rings. The van der Waals surface area contributed by atoms with E-state index in [1.54, 1.807) is 12.1 Å². The van der Waals surface area contributed by atoms with Crippen LogP contribution in [0.1, 0.15) is 10.4 Å². The Morgan fingerprint density at radius 2 is 2.04 bits per heavy atom. The van der Waals surface area contributed by atoms with Crippen LogP contribution in [0.2, 0.25) is 5.02 Å². The largest absolute Gasteiger partial charge is 0.452 e. The van der Waals surface area contributed by atoms with Gasteiger partial charge in [0.15, 0.2) is 6.61 Å². The van der Waals surface area contributed by atoms with E-state index < -0.39 is 35.9 Å². The summed E-state index contributed by atoms with van der Waals surface area (Å²) in [6.07, 6.45) is -2.05. The van der Waals surface area contributed by atoms with Gasteiger partial charge in [-0.2, -0.15) is 13.2 Å². The van der Waals surface area contributed by atoms with E-state index in [9.17, 15) is 22.8 Å². The van der Waals surface area contributed by atoms with Crippen molar-refractivity contribution < 1.29 is 27.5 Å². The van der Waals surface area contributed by atoms with Crippen LogP contribution in [0, 0.1) is 0 Å². The Bertz CT molecular complexity index is 788. The molecule has 1 aromatic carbocycles. The fourth-order valence-corrected chi connectivity index (χ4v) is 2.56. The van der Waals surface area contributed by atoms with Crippen LogP contribution in [0.25, 0.3) is 6.08 Å². The van der Waals surface area contributed by atoms with Crippen molar-refractivity contribution in [2.45, 2.75) is 6.18 Å². The molecule has 0 aliphatic carbocycles. The molecular weight excluding hydrogens is 379 g/mol. The summed E-state index contributed by atoms with van der Waals surface area (Å²) in [5.74, 6) is -1.68. The fourth-order valence-electron chi connectivity index (χ4n) is 1.77. The highest BCUT2D eigenvalue weighted by molar-refractivity contribution is 7.10. The Morgan fingerprint density at radius 3 is 2.68 bits per heavy atom. The number of rotatable bonds is 5. The molecule has 2 aromatic rings. The number of ether oxygens (including phenoxy) is 1. The smallest absolute Gasteiger partial charge is 0.418 e. The van der Waals surface area contributed by atoms with Gasteiger partial charge in [0, 0.05) is 16.0 Å². The van der Waals surface area contributed by atoms with Gasteiger partial charge in [-0.3, -0.25) is 4.79 Å². The van der Waals surface area contributed by atoms with Crippen LogP contribution in [-0.2, 0) is 20.5 Å². The molecule has 0 aliphatic heterocycles. The lowest BCUT2D eigenvalue weighted by Gasteiger charge is -2.14. The van der Waals surface area contributed by atoms with Gasteiger partial charge in [0.2, 0.25) is 0 Å². The van der Waals surface area contributed by atoms with E-state index in [1.807, 2.05) is 5.38 Å². The van der Waals surface area contributed by atoms with E-state index in [0.29, 0.717) is 6.07 Å². The number of amides is 1. The van der Waals surface area contributed by atoms with Crippen molar-refractivity contribution in [1.29, 1.82) is 0 Å². The summed E-state index contributed by atoms with van der Waals surface area (Å²) in [6, 6.07) is 6.52. The van der Waals surface area contributed by atoms with Crippen LogP contribution in [0.15, 0.2) is 41.8 Å². The van der Waals surface area contributed by atoms with E-state index in [1.165, 1.54) is 23.5 Å². The van der Waals surface area contributed by atoms with E-state index in [-0.39, 0.29) is 5.02 Å². The van der Waals surface area contributed by atoms with Crippen molar-refractivity contribution in [2.75, 3.05) is 11.9 Å². The predicted molar refractivity (Wildman–Crippen MR) is 89.4 cm³/mol. The first kappa shape index (κ1) is 19.0. The van der Waals surface area contributed by atoms with E-state index in [0.717, 1.165) is 17.0 Å². The van der Waals surface area contributed by atoms with Gasteiger partial charge in [0.05, 0.1) is 11.3 Å². The molecule has 0 atom stereocenters. The number of hydrogen-bond acceptors (Lipinski definition) is 4. The minimum Gasteiger partial charge on any atom is -0.452 e. The van der Waals surface area contributed by atoms with Crippen molar-refractivity contribution in [1.82, 2.24) is 0 Å². The van der Waals surface area contributed by atoms with Gasteiger partial charge < -0.3 is 10.1 Å². The molecule has 4 nitrogen and oxygen atoms in total. The van der Waals surface area contributed by atoms with Gasteiger partial charge in [-0.1, -0.05) is 17.7 Å². The van der Waals surface area contributed by atoms with Crippen LogP contribution >= 0.6 is 22.9 Å². The second-order valence-corrected chi connectivity index (χ2v) is 6.11. The molecule has 132 valence electrons. The maximum absolute atomic E-state index is 12.9. The second-order valence-electron chi connectivity index (χ2n) is 4.69. The third-order valence-corrected chi connectivity index (χ3v) is 3.91. The topological polar surface area (TPSA) is 55.4 Å². The molecule has 0 radical (unpaired) electrons. The summed E-state index contributed by atoms with van der Waals surface area (Å²) >= 11 is 6.96. The summed E-state index contributed by atoms with van der Waals surface area (Å²) in [5.41, 5.74) is -1.55. The molecule has 1 N–H and O–H groups in total. The standard InChI is InChI=1S/C16H11ClF3NO3S/c17-10-3-5-13(12(8-10)16(18,19)20)21-14(22)9-24-15(23)6-4-11-2-1-7-25-11/h1-8H,9H2,(H,21,22)/b6-4+. The SMILES string of the molecule is O=C(COC(=O)/C=C/c1cccs1)Nc1ccc(Cl)cc1C(F)(F)F. The predicted octanol–water partition coefficient (Wildman–Crippen LogP) is 4.62. The molecular formula is C16H11ClF3NO3S. The Kier molecular flexibility index (Phi) is 6.22. The minimum absolute atomic E-state index is 0.115. The van der Waals surface area contributed by atoms with Crippen LogP contribution in [0.5, 0.6) is 0 Å². The molecule has 2 rings (SSSR count). The molecule has 0 bridgehead atoms. The minimum atomic E-state index is -4.69. The van der Waals surface area contributed by atoms with Crippen LogP contribution < -0.4 is 5.32 Å².